The van der Waals surface area contributed by atoms with Crippen LogP contribution in [0.15, 0.2) is 30.3 Å². The van der Waals surface area contributed by atoms with Gasteiger partial charge >= 0.3 is 5.97 Å². The van der Waals surface area contributed by atoms with Gasteiger partial charge in [-0.05, 0) is 31.2 Å². The third-order valence-corrected chi connectivity index (χ3v) is 3.02. The molecule has 0 bridgehead atoms. The van der Waals surface area contributed by atoms with Gasteiger partial charge in [-0.25, -0.2) is 4.79 Å². The number of carbonyl (C=O) groups is 1. The number of rotatable bonds is 3. The van der Waals surface area contributed by atoms with Gasteiger partial charge in [0.05, 0.1) is 0 Å². The SMILES string of the molecule is O=C(OCc1ccccc1)C1(O)CCCC1. The molecule has 0 aliphatic heterocycles. The topological polar surface area (TPSA) is 46.5 Å². The first-order valence-corrected chi connectivity index (χ1v) is 5.64. The Bertz CT molecular complexity index is 353. The van der Waals surface area contributed by atoms with Crippen molar-refractivity contribution in [1.29, 1.82) is 0 Å². The molecule has 1 aliphatic rings. The van der Waals surface area contributed by atoms with Gasteiger partial charge in [0.1, 0.15) is 6.61 Å². The van der Waals surface area contributed by atoms with Crippen LogP contribution in [0.25, 0.3) is 0 Å². The van der Waals surface area contributed by atoms with Gasteiger partial charge in [-0.3, -0.25) is 0 Å². The molecule has 3 heteroatoms. The summed E-state index contributed by atoms with van der Waals surface area (Å²) in [5.74, 6) is -0.478. The predicted molar refractivity (Wildman–Crippen MR) is 59.7 cm³/mol. The zero-order valence-electron chi connectivity index (χ0n) is 9.19. The van der Waals surface area contributed by atoms with E-state index in [9.17, 15) is 9.90 Å². The smallest absolute Gasteiger partial charge is 0.338 e. The zero-order chi connectivity index (χ0) is 11.4. The third kappa shape index (κ3) is 2.42. The second kappa shape index (κ2) is 4.66. The van der Waals surface area contributed by atoms with Gasteiger partial charge in [0.25, 0.3) is 0 Å². The van der Waals surface area contributed by atoms with E-state index in [0.29, 0.717) is 12.8 Å². The predicted octanol–water partition coefficient (Wildman–Crippen LogP) is 2.03. The van der Waals surface area contributed by atoms with E-state index in [0.717, 1.165) is 18.4 Å². The second-order valence-corrected chi connectivity index (χ2v) is 4.30. The molecule has 1 aromatic carbocycles. The molecule has 16 heavy (non-hydrogen) atoms. The average molecular weight is 220 g/mol. The van der Waals surface area contributed by atoms with Crippen LogP contribution >= 0.6 is 0 Å². The monoisotopic (exact) mass is 220 g/mol. The van der Waals surface area contributed by atoms with Crippen LogP contribution in [0.3, 0.4) is 0 Å². The lowest BCUT2D eigenvalue weighted by atomic mass is 10.0. The summed E-state index contributed by atoms with van der Waals surface area (Å²) < 4.78 is 5.13. The fourth-order valence-corrected chi connectivity index (χ4v) is 2.02. The highest BCUT2D eigenvalue weighted by atomic mass is 16.5. The minimum absolute atomic E-state index is 0.238. The van der Waals surface area contributed by atoms with Crippen molar-refractivity contribution in [3.63, 3.8) is 0 Å². The van der Waals surface area contributed by atoms with E-state index in [1.165, 1.54) is 0 Å². The highest BCUT2D eigenvalue weighted by Crippen LogP contribution is 2.30. The van der Waals surface area contributed by atoms with Crippen molar-refractivity contribution in [3.8, 4) is 0 Å². The lowest BCUT2D eigenvalue weighted by Crippen LogP contribution is -2.36. The summed E-state index contributed by atoms with van der Waals surface area (Å²) in [4.78, 5) is 11.7. The van der Waals surface area contributed by atoms with Crippen molar-refractivity contribution in [2.75, 3.05) is 0 Å². The van der Waals surface area contributed by atoms with Crippen LogP contribution in [-0.2, 0) is 16.1 Å². The molecule has 0 aromatic heterocycles. The highest BCUT2D eigenvalue weighted by Gasteiger charge is 2.40. The van der Waals surface area contributed by atoms with Gasteiger partial charge < -0.3 is 9.84 Å². The number of hydrogen-bond acceptors (Lipinski definition) is 3. The van der Waals surface area contributed by atoms with Crippen LogP contribution in [-0.4, -0.2) is 16.7 Å². The molecule has 0 atom stereocenters. The molecule has 86 valence electrons. The first-order chi connectivity index (χ1) is 7.71. The minimum Gasteiger partial charge on any atom is -0.459 e. The maximum atomic E-state index is 11.7. The molecule has 1 aliphatic carbocycles. The fourth-order valence-electron chi connectivity index (χ4n) is 2.02. The van der Waals surface area contributed by atoms with E-state index in [4.69, 9.17) is 4.74 Å². The third-order valence-electron chi connectivity index (χ3n) is 3.02. The van der Waals surface area contributed by atoms with E-state index >= 15 is 0 Å². The first-order valence-electron chi connectivity index (χ1n) is 5.64. The molecule has 1 fully saturated rings. The van der Waals surface area contributed by atoms with Crippen molar-refractivity contribution in [2.45, 2.75) is 37.9 Å². The van der Waals surface area contributed by atoms with Crippen LogP contribution in [0.5, 0.6) is 0 Å². The molecule has 0 amide bonds. The van der Waals surface area contributed by atoms with Crippen molar-refractivity contribution >= 4 is 5.97 Å². The molecule has 1 N–H and O–H groups in total. The maximum Gasteiger partial charge on any atom is 0.338 e. The van der Waals surface area contributed by atoms with Crippen LogP contribution < -0.4 is 0 Å². The summed E-state index contributed by atoms with van der Waals surface area (Å²) >= 11 is 0. The quantitative estimate of drug-likeness (QED) is 0.793. The van der Waals surface area contributed by atoms with Gasteiger partial charge in [-0.2, -0.15) is 0 Å². The Balaban J connectivity index is 1.89. The van der Waals surface area contributed by atoms with E-state index in [1.54, 1.807) is 0 Å². The number of benzene rings is 1. The van der Waals surface area contributed by atoms with Crippen LogP contribution in [0.2, 0.25) is 0 Å². The van der Waals surface area contributed by atoms with Crippen molar-refractivity contribution in [2.24, 2.45) is 0 Å². The molecule has 1 aromatic rings. The number of esters is 1. The minimum atomic E-state index is -1.23. The Labute approximate surface area is 95.0 Å². The van der Waals surface area contributed by atoms with E-state index in [-0.39, 0.29) is 6.61 Å². The molecule has 0 saturated heterocycles. The van der Waals surface area contributed by atoms with Gasteiger partial charge in [0, 0.05) is 0 Å². The lowest BCUT2D eigenvalue weighted by Gasteiger charge is -2.19. The Morgan fingerprint density at radius 3 is 2.50 bits per heavy atom. The van der Waals surface area contributed by atoms with E-state index in [1.807, 2.05) is 30.3 Å². The number of ether oxygens (including phenoxy) is 1. The van der Waals surface area contributed by atoms with Crippen molar-refractivity contribution in [1.82, 2.24) is 0 Å². The summed E-state index contributed by atoms with van der Waals surface area (Å²) in [6.07, 6.45) is 2.86. The molecule has 3 nitrogen and oxygen atoms in total. The van der Waals surface area contributed by atoms with Gasteiger partial charge in [-0.1, -0.05) is 30.3 Å². The number of hydrogen-bond donors (Lipinski definition) is 1. The Morgan fingerprint density at radius 2 is 1.88 bits per heavy atom. The molecule has 0 spiro atoms. The second-order valence-electron chi connectivity index (χ2n) is 4.30. The van der Waals surface area contributed by atoms with Crippen LogP contribution in [0.4, 0.5) is 0 Å². The molecule has 2 rings (SSSR count). The van der Waals surface area contributed by atoms with Gasteiger partial charge in [0.15, 0.2) is 5.60 Å². The number of aliphatic hydroxyl groups is 1. The Morgan fingerprint density at radius 1 is 1.25 bits per heavy atom. The summed E-state index contributed by atoms with van der Waals surface area (Å²) in [5.41, 5.74) is -0.285. The molecular weight excluding hydrogens is 204 g/mol. The molecule has 0 unspecified atom stereocenters. The Kier molecular flexibility index (Phi) is 3.25. The lowest BCUT2D eigenvalue weighted by molar-refractivity contribution is -0.166. The van der Waals surface area contributed by atoms with Crippen LogP contribution in [0.1, 0.15) is 31.2 Å². The fraction of sp³-hybridized carbons (Fsp3) is 0.462. The van der Waals surface area contributed by atoms with Crippen LogP contribution in [0, 0.1) is 0 Å². The van der Waals surface area contributed by atoms with Crippen molar-refractivity contribution < 1.29 is 14.6 Å². The number of carbonyl (C=O) groups excluding carboxylic acids is 1. The zero-order valence-corrected chi connectivity index (χ0v) is 9.19. The van der Waals surface area contributed by atoms with E-state index in [2.05, 4.69) is 0 Å². The molecule has 1 saturated carbocycles. The summed E-state index contributed by atoms with van der Waals surface area (Å²) in [5, 5.41) is 9.96. The van der Waals surface area contributed by atoms with E-state index < -0.39 is 11.6 Å². The van der Waals surface area contributed by atoms with Gasteiger partial charge in [-0.15, -0.1) is 0 Å². The first kappa shape index (κ1) is 11.1. The van der Waals surface area contributed by atoms with Crippen molar-refractivity contribution in [3.05, 3.63) is 35.9 Å². The molecular formula is C13H16O3. The average Bonchev–Trinajstić information content (AvgIpc) is 2.76. The highest BCUT2D eigenvalue weighted by molar-refractivity contribution is 5.79. The largest absolute Gasteiger partial charge is 0.459 e. The van der Waals surface area contributed by atoms with Gasteiger partial charge in [0.2, 0.25) is 0 Å². The molecule has 0 heterocycles. The standard InChI is InChI=1S/C13H16O3/c14-12(13(15)8-4-5-9-13)16-10-11-6-2-1-3-7-11/h1-3,6-7,15H,4-5,8-10H2. The summed E-state index contributed by atoms with van der Waals surface area (Å²) in [6, 6.07) is 9.49. The summed E-state index contributed by atoms with van der Waals surface area (Å²) in [6.45, 7) is 0.238. The normalized spacial score (nSPS) is 18.3. The summed E-state index contributed by atoms with van der Waals surface area (Å²) in [7, 11) is 0. The maximum absolute atomic E-state index is 11.7. The molecule has 0 radical (unpaired) electrons. The Hall–Kier alpha value is -1.35.